The van der Waals surface area contributed by atoms with Crippen molar-refractivity contribution in [1.82, 2.24) is 5.32 Å². The Morgan fingerprint density at radius 1 is 1.50 bits per heavy atom. The molecule has 0 saturated carbocycles. The van der Waals surface area contributed by atoms with E-state index in [-0.39, 0.29) is 12.6 Å². The van der Waals surface area contributed by atoms with Crippen molar-refractivity contribution in [3.8, 4) is 5.75 Å². The van der Waals surface area contributed by atoms with Gasteiger partial charge >= 0.3 is 6.03 Å². The van der Waals surface area contributed by atoms with Crippen LogP contribution >= 0.6 is 15.9 Å². The van der Waals surface area contributed by atoms with Crippen LogP contribution in [0, 0.1) is 0 Å². The number of halogens is 1. The highest BCUT2D eigenvalue weighted by atomic mass is 79.9. The Morgan fingerprint density at radius 3 is 2.75 bits per heavy atom. The number of hydrogen-bond acceptors (Lipinski definition) is 3. The number of anilines is 1. The molecule has 5 nitrogen and oxygen atoms in total. The van der Waals surface area contributed by atoms with E-state index >= 15 is 0 Å². The molecular formula is C14H21BrN2O3. The first kappa shape index (κ1) is 16.8. The second kappa shape index (κ2) is 7.50. The minimum Gasteiger partial charge on any atom is -0.495 e. The average Bonchev–Trinajstić information content (AvgIpc) is 2.41. The zero-order chi connectivity index (χ0) is 15.2. The largest absolute Gasteiger partial charge is 0.495 e. The van der Waals surface area contributed by atoms with Crippen LogP contribution < -0.4 is 15.4 Å². The predicted molar refractivity (Wildman–Crippen MR) is 83.2 cm³/mol. The summed E-state index contributed by atoms with van der Waals surface area (Å²) in [5, 5.41) is 14.9. The zero-order valence-electron chi connectivity index (χ0n) is 12.0. The molecule has 0 aliphatic heterocycles. The molecule has 0 aliphatic carbocycles. The van der Waals surface area contributed by atoms with Crippen LogP contribution in [0.15, 0.2) is 22.7 Å². The fraction of sp³-hybridized carbons (Fsp3) is 0.500. The first-order valence-corrected chi connectivity index (χ1v) is 7.27. The maximum atomic E-state index is 12.0. The lowest BCUT2D eigenvalue weighted by Gasteiger charge is -2.28. The van der Waals surface area contributed by atoms with Gasteiger partial charge in [0.15, 0.2) is 0 Å². The number of aliphatic hydroxyl groups excluding tert-OH is 1. The van der Waals surface area contributed by atoms with E-state index in [4.69, 9.17) is 4.74 Å². The van der Waals surface area contributed by atoms with Crippen molar-refractivity contribution in [3.05, 3.63) is 22.7 Å². The van der Waals surface area contributed by atoms with Crippen LogP contribution in [0.4, 0.5) is 10.5 Å². The van der Waals surface area contributed by atoms with E-state index in [0.29, 0.717) is 17.9 Å². The molecule has 1 rings (SSSR count). The normalized spacial score (nSPS) is 13.4. The van der Waals surface area contributed by atoms with Crippen molar-refractivity contribution in [2.24, 2.45) is 0 Å². The van der Waals surface area contributed by atoms with Gasteiger partial charge in [-0.15, -0.1) is 0 Å². The molecule has 0 spiro atoms. The molecule has 20 heavy (non-hydrogen) atoms. The van der Waals surface area contributed by atoms with Crippen LogP contribution in [0.5, 0.6) is 5.75 Å². The molecule has 0 bridgehead atoms. The van der Waals surface area contributed by atoms with Crippen LogP contribution in [0.25, 0.3) is 0 Å². The molecule has 0 aromatic heterocycles. The van der Waals surface area contributed by atoms with Crippen LogP contribution in [0.3, 0.4) is 0 Å². The third-order valence-corrected chi connectivity index (χ3v) is 3.63. The third-order valence-electron chi connectivity index (χ3n) is 2.98. The van der Waals surface area contributed by atoms with Crippen LogP contribution in [-0.4, -0.2) is 30.4 Å². The predicted octanol–water partition coefficient (Wildman–Crippen LogP) is 3.13. The molecule has 2 amide bonds. The maximum absolute atomic E-state index is 12.0. The quantitative estimate of drug-likeness (QED) is 0.742. The number of nitrogens with one attached hydrogen (secondary N) is 2. The van der Waals surface area contributed by atoms with E-state index in [1.165, 1.54) is 0 Å². The summed E-state index contributed by atoms with van der Waals surface area (Å²) in [7, 11) is 1.56. The number of urea groups is 1. The van der Waals surface area contributed by atoms with Gasteiger partial charge in [0.05, 0.1) is 23.7 Å². The van der Waals surface area contributed by atoms with Gasteiger partial charge in [-0.2, -0.15) is 0 Å². The Labute approximate surface area is 127 Å². The molecule has 112 valence electrons. The molecule has 1 aromatic rings. The van der Waals surface area contributed by atoms with E-state index in [0.717, 1.165) is 10.9 Å². The van der Waals surface area contributed by atoms with Crippen molar-refractivity contribution in [2.75, 3.05) is 19.0 Å². The van der Waals surface area contributed by atoms with Crippen molar-refractivity contribution in [3.63, 3.8) is 0 Å². The number of amides is 2. The van der Waals surface area contributed by atoms with E-state index in [9.17, 15) is 9.90 Å². The Kier molecular flexibility index (Phi) is 6.29. The number of benzene rings is 1. The van der Waals surface area contributed by atoms with E-state index in [1.54, 1.807) is 25.3 Å². The lowest BCUT2D eigenvalue weighted by molar-refractivity contribution is 0.167. The van der Waals surface area contributed by atoms with Gasteiger partial charge in [-0.05, 0) is 41.4 Å². The Balaban J connectivity index is 2.71. The lowest BCUT2D eigenvalue weighted by Crippen LogP contribution is -2.50. The number of methoxy groups -OCH3 is 1. The lowest BCUT2D eigenvalue weighted by atomic mass is 9.98. The highest BCUT2D eigenvalue weighted by Crippen LogP contribution is 2.27. The van der Waals surface area contributed by atoms with Crippen molar-refractivity contribution >= 4 is 27.6 Å². The van der Waals surface area contributed by atoms with Crippen LogP contribution in [0.2, 0.25) is 0 Å². The number of aliphatic hydroxyl groups is 1. The van der Waals surface area contributed by atoms with Crippen molar-refractivity contribution in [1.29, 1.82) is 0 Å². The van der Waals surface area contributed by atoms with E-state index < -0.39 is 5.54 Å². The maximum Gasteiger partial charge on any atom is 0.319 e. The standard InChI is InChI=1S/C14H21BrN2O3/c1-4-7-14(2,9-18)17-13(19)16-10-5-6-11(15)12(8-10)20-3/h5-6,8,18H,4,7,9H2,1-3H3,(H2,16,17,19). The molecule has 0 radical (unpaired) electrons. The highest BCUT2D eigenvalue weighted by Gasteiger charge is 2.24. The topological polar surface area (TPSA) is 70.6 Å². The van der Waals surface area contributed by atoms with E-state index in [2.05, 4.69) is 26.6 Å². The monoisotopic (exact) mass is 344 g/mol. The first-order chi connectivity index (χ1) is 9.44. The van der Waals surface area contributed by atoms with Gasteiger partial charge in [0.1, 0.15) is 5.75 Å². The third kappa shape index (κ3) is 4.68. The summed E-state index contributed by atoms with van der Waals surface area (Å²) >= 11 is 3.35. The minimum absolute atomic E-state index is 0.0993. The summed E-state index contributed by atoms with van der Waals surface area (Å²) < 4.78 is 5.99. The fourth-order valence-electron chi connectivity index (χ4n) is 1.91. The first-order valence-electron chi connectivity index (χ1n) is 6.47. The molecule has 1 aromatic carbocycles. The number of hydrogen-bond donors (Lipinski definition) is 3. The van der Waals surface area contributed by atoms with Gasteiger partial charge in [0, 0.05) is 11.8 Å². The molecular weight excluding hydrogens is 324 g/mol. The number of ether oxygens (including phenoxy) is 1. The second-order valence-corrected chi connectivity index (χ2v) is 5.75. The summed E-state index contributed by atoms with van der Waals surface area (Å²) in [4.78, 5) is 12.0. The Hall–Kier alpha value is -1.27. The number of carbonyl (C=O) groups is 1. The zero-order valence-corrected chi connectivity index (χ0v) is 13.6. The molecule has 1 unspecified atom stereocenters. The average molecular weight is 345 g/mol. The molecule has 0 aliphatic rings. The smallest absolute Gasteiger partial charge is 0.319 e. The minimum atomic E-state index is -0.613. The Bertz CT molecular complexity index is 468. The highest BCUT2D eigenvalue weighted by molar-refractivity contribution is 9.10. The molecule has 0 heterocycles. The molecule has 0 saturated heterocycles. The van der Waals surface area contributed by atoms with Crippen LogP contribution in [0.1, 0.15) is 26.7 Å². The molecule has 1 atom stereocenters. The van der Waals surface area contributed by atoms with Gasteiger partial charge in [-0.3, -0.25) is 0 Å². The summed E-state index contributed by atoms with van der Waals surface area (Å²) in [6.45, 7) is 3.73. The summed E-state index contributed by atoms with van der Waals surface area (Å²) in [5.41, 5.74) is 0.0116. The van der Waals surface area contributed by atoms with Gasteiger partial charge in [0.2, 0.25) is 0 Å². The van der Waals surface area contributed by atoms with E-state index in [1.807, 2.05) is 13.8 Å². The van der Waals surface area contributed by atoms with Gasteiger partial charge in [-0.1, -0.05) is 13.3 Å². The molecule has 0 fully saturated rings. The van der Waals surface area contributed by atoms with Gasteiger partial charge in [-0.25, -0.2) is 4.79 Å². The molecule has 6 heteroatoms. The molecule has 3 N–H and O–H groups in total. The number of rotatable bonds is 6. The second-order valence-electron chi connectivity index (χ2n) is 4.90. The Morgan fingerprint density at radius 2 is 2.20 bits per heavy atom. The van der Waals surface area contributed by atoms with Crippen LogP contribution in [-0.2, 0) is 0 Å². The van der Waals surface area contributed by atoms with Crippen molar-refractivity contribution in [2.45, 2.75) is 32.2 Å². The summed E-state index contributed by atoms with van der Waals surface area (Å²) in [5.74, 6) is 0.640. The number of carbonyl (C=O) groups excluding carboxylic acids is 1. The SMILES string of the molecule is CCCC(C)(CO)NC(=O)Nc1ccc(Br)c(OC)c1. The summed E-state index contributed by atoms with van der Waals surface area (Å²) in [6, 6.07) is 4.94. The van der Waals surface area contributed by atoms with Gasteiger partial charge in [0.25, 0.3) is 0 Å². The summed E-state index contributed by atoms with van der Waals surface area (Å²) in [6.07, 6.45) is 1.59. The van der Waals surface area contributed by atoms with Gasteiger partial charge < -0.3 is 20.5 Å². The van der Waals surface area contributed by atoms with Crippen molar-refractivity contribution < 1.29 is 14.6 Å². The fourth-order valence-corrected chi connectivity index (χ4v) is 2.32.